The quantitative estimate of drug-likeness (QED) is 0.719. The van der Waals surface area contributed by atoms with Crippen LogP contribution in [0.5, 0.6) is 11.5 Å². The lowest BCUT2D eigenvalue weighted by Crippen LogP contribution is -2.30. The summed E-state index contributed by atoms with van der Waals surface area (Å²) in [6.07, 6.45) is 0. The summed E-state index contributed by atoms with van der Waals surface area (Å²) in [6, 6.07) is 7.62. The van der Waals surface area contributed by atoms with Gasteiger partial charge in [-0.15, -0.1) is 11.6 Å². The average molecular weight is 229 g/mol. The molecule has 0 atom stereocenters. The molecule has 0 radical (unpaired) electrons. The Morgan fingerprint density at radius 3 is 2.33 bits per heavy atom. The van der Waals surface area contributed by atoms with E-state index < -0.39 is 0 Å². The third kappa shape index (κ3) is 3.63. The van der Waals surface area contributed by atoms with Crippen molar-refractivity contribution in [1.29, 1.82) is 0 Å². The smallest absolute Gasteiger partial charge is 0.162 e. The van der Waals surface area contributed by atoms with E-state index in [1.807, 2.05) is 45.0 Å². The summed E-state index contributed by atoms with van der Waals surface area (Å²) in [4.78, 5) is 0. The maximum atomic E-state index is 5.81. The lowest BCUT2D eigenvalue weighted by molar-refractivity contribution is 0.127. The van der Waals surface area contributed by atoms with E-state index in [-0.39, 0.29) is 5.60 Å². The summed E-state index contributed by atoms with van der Waals surface area (Å²) in [5.41, 5.74) is -0.380. The fourth-order valence-electron chi connectivity index (χ4n) is 1.13. The highest BCUT2D eigenvalue weighted by atomic mass is 35.5. The summed E-state index contributed by atoms with van der Waals surface area (Å²) < 4.78 is 11.2. The van der Waals surface area contributed by atoms with E-state index in [0.29, 0.717) is 12.5 Å². The summed E-state index contributed by atoms with van der Waals surface area (Å²) in [7, 11) is 0. The molecule has 1 rings (SSSR count). The maximum absolute atomic E-state index is 5.81. The maximum Gasteiger partial charge on any atom is 0.162 e. The number of hydrogen-bond acceptors (Lipinski definition) is 2. The Bertz CT molecular complexity index is 310. The number of rotatable bonds is 5. The number of alkyl halides is 1. The van der Waals surface area contributed by atoms with Crippen LogP contribution in [0.25, 0.3) is 0 Å². The molecule has 3 heteroatoms. The molecule has 0 unspecified atom stereocenters. The fourth-order valence-corrected chi connectivity index (χ4v) is 1.19. The third-order valence-electron chi connectivity index (χ3n) is 1.86. The van der Waals surface area contributed by atoms with Crippen LogP contribution in [0.2, 0.25) is 0 Å². The Hall–Kier alpha value is -0.890. The number of halogens is 1. The highest BCUT2D eigenvalue weighted by Gasteiger charge is 2.19. The molecule has 0 fully saturated rings. The summed E-state index contributed by atoms with van der Waals surface area (Å²) in [5.74, 6) is 1.94. The minimum atomic E-state index is -0.380. The van der Waals surface area contributed by atoms with Crippen LogP contribution < -0.4 is 9.47 Å². The lowest BCUT2D eigenvalue weighted by Gasteiger charge is -2.25. The van der Waals surface area contributed by atoms with Crippen LogP contribution in [0.15, 0.2) is 24.3 Å². The Kier molecular flexibility index (Phi) is 4.28. The zero-order valence-electron chi connectivity index (χ0n) is 9.42. The second-order valence-electron chi connectivity index (χ2n) is 3.88. The van der Waals surface area contributed by atoms with Crippen molar-refractivity contribution in [3.63, 3.8) is 0 Å². The van der Waals surface area contributed by atoms with Crippen LogP contribution in [-0.4, -0.2) is 18.1 Å². The zero-order valence-corrected chi connectivity index (χ0v) is 10.2. The minimum absolute atomic E-state index is 0.380. The number of hydrogen-bond donors (Lipinski definition) is 0. The van der Waals surface area contributed by atoms with Gasteiger partial charge in [0.1, 0.15) is 5.60 Å². The van der Waals surface area contributed by atoms with Gasteiger partial charge >= 0.3 is 0 Å². The molecule has 0 aromatic heterocycles. The first-order chi connectivity index (χ1) is 7.09. The van der Waals surface area contributed by atoms with Gasteiger partial charge in [0.05, 0.1) is 12.5 Å². The van der Waals surface area contributed by atoms with Crippen molar-refractivity contribution in [3.8, 4) is 11.5 Å². The van der Waals surface area contributed by atoms with Gasteiger partial charge in [-0.25, -0.2) is 0 Å². The van der Waals surface area contributed by atoms with Crippen LogP contribution in [0.1, 0.15) is 20.8 Å². The van der Waals surface area contributed by atoms with E-state index in [2.05, 4.69) is 0 Å². The second kappa shape index (κ2) is 5.26. The summed E-state index contributed by atoms with van der Waals surface area (Å²) in [6.45, 7) is 6.47. The first kappa shape index (κ1) is 12.2. The first-order valence-corrected chi connectivity index (χ1v) is 5.59. The molecule has 84 valence electrons. The van der Waals surface area contributed by atoms with Crippen LogP contribution in [0.3, 0.4) is 0 Å². The molecule has 1 aromatic rings. The van der Waals surface area contributed by atoms with E-state index in [9.17, 15) is 0 Å². The molecule has 0 spiro atoms. The van der Waals surface area contributed by atoms with E-state index in [4.69, 9.17) is 21.1 Å². The van der Waals surface area contributed by atoms with Gasteiger partial charge < -0.3 is 9.47 Å². The van der Waals surface area contributed by atoms with Crippen molar-refractivity contribution in [2.24, 2.45) is 0 Å². The Labute approximate surface area is 96.2 Å². The second-order valence-corrected chi connectivity index (χ2v) is 4.14. The van der Waals surface area contributed by atoms with Crippen molar-refractivity contribution in [2.75, 3.05) is 12.5 Å². The van der Waals surface area contributed by atoms with E-state index in [0.717, 1.165) is 11.5 Å². The molecule has 15 heavy (non-hydrogen) atoms. The molecule has 1 aromatic carbocycles. The fraction of sp³-hybridized carbons (Fsp3) is 0.500. The molecular weight excluding hydrogens is 212 g/mol. The SMILES string of the molecule is CCOc1ccccc1OC(C)(C)CCl. The Morgan fingerprint density at radius 2 is 1.80 bits per heavy atom. The summed E-state index contributed by atoms with van der Waals surface area (Å²) >= 11 is 5.81. The van der Waals surface area contributed by atoms with Gasteiger partial charge in [0.25, 0.3) is 0 Å². The highest BCUT2D eigenvalue weighted by molar-refractivity contribution is 6.18. The molecule has 2 nitrogen and oxygen atoms in total. The topological polar surface area (TPSA) is 18.5 Å². The average Bonchev–Trinajstić information content (AvgIpc) is 2.21. The Morgan fingerprint density at radius 1 is 1.20 bits per heavy atom. The first-order valence-electron chi connectivity index (χ1n) is 5.06. The van der Waals surface area contributed by atoms with Crippen molar-refractivity contribution in [3.05, 3.63) is 24.3 Å². The van der Waals surface area contributed by atoms with Crippen LogP contribution >= 0.6 is 11.6 Å². The van der Waals surface area contributed by atoms with Gasteiger partial charge in [-0.1, -0.05) is 12.1 Å². The lowest BCUT2D eigenvalue weighted by atomic mass is 10.2. The molecule has 0 heterocycles. The van der Waals surface area contributed by atoms with Crippen molar-refractivity contribution >= 4 is 11.6 Å². The predicted octanol–water partition coefficient (Wildman–Crippen LogP) is 3.48. The zero-order chi connectivity index (χ0) is 11.3. The van der Waals surface area contributed by atoms with Gasteiger partial charge in [0.2, 0.25) is 0 Å². The van der Waals surface area contributed by atoms with E-state index in [1.54, 1.807) is 0 Å². The molecule has 0 aliphatic carbocycles. The van der Waals surface area contributed by atoms with Crippen molar-refractivity contribution < 1.29 is 9.47 Å². The van der Waals surface area contributed by atoms with Crippen molar-refractivity contribution in [2.45, 2.75) is 26.4 Å². The van der Waals surface area contributed by atoms with Gasteiger partial charge in [-0.3, -0.25) is 0 Å². The minimum Gasteiger partial charge on any atom is -0.490 e. The van der Waals surface area contributed by atoms with Crippen LogP contribution in [0, 0.1) is 0 Å². The largest absolute Gasteiger partial charge is 0.490 e. The molecule has 0 saturated carbocycles. The monoisotopic (exact) mass is 228 g/mol. The van der Waals surface area contributed by atoms with E-state index in [1.165, 1.54) is 0 Å². The predicted molar refractivity (Wildman–Crippen MR) is 63.0 cm³/mol. The van der Waals surface area contributed by atoms with Gasteiger partial charge in [0, 0.05) is 0 Å². The van der Waals surface area contributed by atoms with Crippen LogP contribution in [0.4, 0.5) is 0 Å². The third-order valence-corrected chi connectivity index (χ3v) is 2.50. The molecule has 0 aliphatic heterocycles. The number of ether oxygens (including phenoxy) is 2. The standard InChI is InChI=1S/C12H17ClO2/c1-4-14-10-7-5-6-8-11(10)15-12(2,3)9-13/h5-8H,4,9H2,1-3H3. The Balaban J connectivity index is 2.84. The molecule has 0 bridgehead atoms. The van der Waals surface area contributed by atoms with Gasteiger partial charge in [-0.2, -0.15) is 0 Å². The van der Waals surface area contributed by atoms with Gasteiger partial charge in [-0.05, 0) is 32.9 Å². The summed E-state index contributed by atoms with van der Waals surface area (Å²) in [5, 5.41) is 0. The molecule has 0 aliphatic rings. The molecular formula is C12H17ClO2. The number of para-hydroxylation sites is 2. The molecule has 0 N–H and O–H groups in total. The van der Waals surface area contributed by atoms with Gasteiger partial charge in [0.15, 0.2) is 11.5 Å². The van der Waals surface area contributed by atoms with Crippen molar-refractivity contribution in [1.82, 2.24) is 0 Å². The van der Waals surface area contributed by atoms with E-state index >= 15 is 0 Å². The normalized spacial score (nSPS) is 11.2. The number of benzene rings is 1. The van der Waals surface area contributed by atoms with Crippen LogP contribution in [-0.2, 0) is 0 Å². The molecule has 0 amide bonds. The molecule has 0 saturated heterocycles. The highest BCUT2D eigenvalue weighted by Crippen LogP contribution is 2.30.